The van der Waals surface area contributed by atoms with Gasteiger partial charge < -0.3 is 26.6 Å². The molecule has 0 radical (unpaired) electrons. The fourth-order valence-electron chi connectivity index (χ4n) is 8.46. The lowest BCUT2D eigenvalue weighted by atomic mass is 9.83. The van der Waals surface area contributed by atoms with Crippen molar-refractivity contribution < 1.29 is 64.5 Å². The second-order valence-electron chi connectivity index (χ2n) is 18.2. The van der Waals surface area contributed by atoms with Crippen molar-refractivity contribution >= 4 is 51.5 Å². The topological polar surface area (TPSA) is 159 Å². The molecule has 80 heavy (non-hydrogen) atoms. The Labute approximate surface area is 461 Å². The molecule has 6 N–H and O–H groups in total. The van der Waals surface area contributed by atoms with Crippen molar-refractivity contribution in [3.63, 3.8) is 0 Å². The number of amides is 2. The highest BCUT2D eigenvalue weighted by Crippen LogP contribution is 2.47. The molecule has 0 heterocycles. The van der Waals surface area contributed by atoms with Gasteiger partial charge in [0.15, 0.2) is 5.78 Å². The molecule has 0 fully saturated rings. The highest BCUT2D eigenvalue weighted by molar-refractivity contribution is 6.67. The van der Waals surface area contributed by atoms with E-state index in [1.807, 2.05) is 12.1 Å². The maximum Gasteiger partial charge on any atom is 0.425 e. The van der Waals surface area contributed by atoms with Crippen LogP contribution in [0.3, 0.4) is 0 Å². The molecule has 18 heteroatoms. The molecule has 0 bridgehead atoms. The minimum Gasteiger partial charge on any atom is -0.399 e. The predicted molar refractivity (Wildman–Crippen MR) is 294 cm³/mol. The summed E-state index contributed by atoms with van der Waals surface area (Å²) in [5.41, 5.74) is 1.50. The number of rotatable bonds is 12. The molecule has 0 aliphatic carbocycles. The van der Waals surface area contributed by atoms with Crippen LogP contribution in [0, 0.1) is 39.3 Å². The van der Waals surface area contributed by atoms with Crippen LogP contribution in [0.2, 0.25) is 0 Å². The Morgan fingerprint density at radius 2 is 0.812 bits per heavy atom. The molecule has 8 aromatic carbocycles. The van der Waals surface area contributed by atoms with Gasteiger partial charge in [0, 0.05) is 45.7 Å². The quantitative estimate of drug-likeness (QED) is 0.0352. The molecule has 0 saturated carbocycles. The number of nitrogen functional groups attached to an aromatic ring is 1. The van der Waals surface area contributed by atoms with Crippen LogP contribution in [-0.4, -0.2) is 45.4 Å². The summed E-state index contributed by atoms with van der Waals surface area (Å²) in [5, 5.41) is 26.7. The second-order valence-corrected chi connectivity index (χ2v) is 18.6. The largest absolute Gasteiger partial charge is 0.425 e. The summed E-state index contributed by atoms with van der Waals surface area (Å²) in [6, 6.07) is 41.9. The molecule has 0 aliphatic heterocycles. The summed E-state index contributed by atoms with van der Waals surface area (Å²) in [5.74, 6) is -2.54. The monoisotopic (exact) mass is 1120 g/mol. The van der Waals surface area contributed by atoms with Crippen molar-refractivity contribution in [1.82, 2.24) is 0 Å². The number of aryl methyl sites for hydroxylation is 4. The van der Waals surface area contributed by atoms with Crippen molar-refractivity contribution in [2.45, 2.75) is 65.1 Å². The summed E-state index contributed by atoms with van der Waals surface area (Å²) in [6.07, 6.45) is -10.1. The Bertz CT molecular complexity index is 3440. The standard InChI is InChI=1S/C31H25F4NO3.C23H20F4N2O2.C7H5ClO.CH4/c1-19-15-25(30(39,31(33,34)35)24-11-13-26(32)14-12-24)16-20(2)28(19)36-29(38)23-10-6-7-21(17-23)18-27(37)22-8-4-3-5-9-22;1-13-10-17(22(31,23(25,26)27)16-6-8-18(24)9-7-16)11-14(2)20(13)29-21(30)15-4-3-5-19(28)12-15;8-7(9)6-4-2-1-3-5-6;/h3-17,39H,18H2,1-2H3,(H,36,38);3-12,31H,28H2,1-2H3,(H,29,30);1-5H;1H4. The first-order valence-electron chi connectivity index (χ1n) is 23.9. The van der Waals surface area contributed by atoms with Crippen LogP contribution < -0.4 is 16.4 Å². The van der Waals surface area contributed by atoms with Gasteiger partial charge >= 0.3 is 12.4 Å². The number of aliphatic hydroxyl groups is 2. The van der Waals surface area contributed by atoms with E-state index in [0.717, 1.165) is 72.8 Å². The van der Waals surface area contributed by atoms with Gasteiger partial charge in [-0.15, -0.1) is 0 Å². The van der Waals surface area contributed by atoms with Crippen LogP contribution in [0.1, 0.15) is 98.9 Å². The summed E-state index contributed by atoms with van der Waals surface area (Å²) in [4.78, 5) is 48.6. The summed E-state index contributed by atoms with van der Waals surface area (Å²) in [7, 11) is 0. The maximum atomic E-state index is 14.2. The normalized spacial score (nSPS) is 12.6. The number of halogens is 9. The Hall–Kier alpha value is -8.51. The van der Waals surface area contributed by atoms with Crippen LogP contribution in [-0.2, 0) is 17.6 Å². The predicted octanol–water partition coefficient (Wildman–Crippen LogP) is 14.7. The van der Waals surface area contributed by atoms with Crippen LogP contribution in [0.4, 0.5) is 52.2 Å². The van der Waals surface area contributed by atoms with Gasteiger partial charge in [0.05, 0.1) is 0 Å². The Kier molecular flexibility index (Phi) is 20.2. The van der Waals surface area contributed by atoms with E-state index in [1.165, 1.54) is 33.8 Å². The molecule has 0 aromatic heterocycles. The van der Waals surface area contributed by atoms with E-state index in [1.54, 1.807) is 91.0 Å². The van der Waals surface area contributed by atoms with Gasteiger partial charge in [0.1, 0.15) is 11.6 Å². The number of alkyl halides is 6. The summed E-state index contributed by atoms with van der Waals surface area (Å²) in [6.45, 7) is 6.07. The zero-order valence-electron chi connectivity index (χ0n) is 42.5. The molecule has 0 saturated heterocycles. The van der Waals surface area contributed by atoms with Gasteiger partial charge in [-0.25, -0.2) is 8.78 Å². The molecular formula is C62H54ClF8N3O6. The number of anilines is 3. The molecule has 2 amide bonds. The minimum atomic E-state index is -5.11. The first-order chi connectivity index (χ1) is 37.1. The number of hydrogen-bond acceptors (Lipinski definition) is 7. The lowest BCUT2D eigenvalue weighted by Crippen LogP contribution is -2.43. The average Bonchev–Trinajstić information content (AvgIpc) is 3.62. The molecule has 9 nitrogen and oxygen atoms in total. The van der Waals surface area contributed by atoms with Crippen molar-refractivity contribution in [2.24, 2.45) is 0 Å². The first kappa shape index (κ1) is 62.3. The number of nitrogens with one attached hydrogen (secondary N) is 2. The van der Waals surface area contributed by atoms with Crippen molar-refractivity contribution in [3.05, 3.63) is 266 Å². The molecular weight excluding hydrogens is 1070 g/mol. The number of carbonyl (C=O) groups excluding carboxylic acids is 4. The van der Waals surface area contributed by atoms with Crippen molar-refractivity contribution in [3.8, 4) is 0 Å². The fourth-order valence-corrected chi connectivity index (χ4v) is 8.59. The lowest BCUT2D eigenvalue weighted by molar-refractivity contribution is -0.248. The molecule has 8 rings (SSSR count). The van der Waals surface area contributed by atoms with Crippen LogP contribution >= 0.6 is 11.6 Å². The van der Waals surface area contributed by atoms with Crippen LogP contribution in [0.15, 0.2) is 182 Å². The number of hydrogen-bond donors (Lipinski definition) is 5. The molecule has 8 aromatic rings. The van der Waals surface area contributed by atoms with E-state index < -0.39 is 74.5 Å². The maximum absolute atomic E-state index is 14.2. The molecule has 416 valence electrons. The fraction of sp³-hybridized carbons (Fsp3) is 0.161. The van der Waals surface area contributed by atoms with E-state index in [9.17, 15) is 64.5 Å². The third-order valence-electron chi connectivity index (χ3n) is 12.5. The zero-order chi connectivity index (χ0) is 58.0. The molecule has 0 spiro atoms. The minimum absolute atomic E-state index is 0. The third-order valence-corrected chi connectivity index (χ3v) is 12.7. The van der Waals surface area contributed by atoms with Gasteiger partial charge in [0.25, 0.3) is 17.1 Å². The zero-order valence-corrected chi connectivity index (χ0v) is 43.3. The van der Waals surface area contributed by atoms with Crippen LogP contribution in [0.5, 0.6) is 0 Å². The van der Waals surface area contributed by atoms with Crippen molar-refractivity contribution in [2.75, 3.05) is 16.4 Å². The molecule has 2 atom stereocenters. The van der Waals surface area contributed by atoms with E-state index in [0.29, 0.717) is 55.9 Å². The highest BCUT2D eigenvalue weighted by Gasteiger charge is 2.57. The van der Waals surface area contributed by atoms with Crippen LogP contribution in [0.25, 0.3) is 0 Å². The summed E-state index contributed by atoms with van der Waals surface area (Å²) >= 11 is 5.16. The van der Waals surface area contributed by atoms with E-state index in [2.05, 4.69) is 10.6 Å². The second kappa shape index (κ2) is 26.0. The molecule has 2 unspecified atom stereocenters. The van der Waals surface area contributed by atoms with E-state index >= 15 is 0 Å². The highest BCUT2D eigenvalue weighted by atomic mass is 35.5. The molecule has 0 aliphatic rings. The Balaban J connectivity index is 0.000000255. The smallest absolute Gasteiger partial charge is 0.399 e. The Morgan fingerprint density at radius 1 is 0.463 bits per heavy atom. The SMILES string of the molecule is C.Cc1cc(C(O)(c2ccc(F)cc2)C(F)(F)F)cc(C)c1NC(=O)c1cccc(CC(=O)c2ccccc2)c1.Cc1cc(C(O)(c2ccc(F)cc2)C(F)(F)F)cc(C)c1NC(=O)c1cccc(N)c1.O=C(Cl)c1ccccc1. The third kappa shape index (κ3) is 14.6. The van der Waals surface area contributed by atoms with Gasteiger partial charge in [-0.1, -0.05) is 135 Å². The average molecular weight is 1120 g/mol. The number of nitrogens with two attached hydrogens (primary N) is 1. The number of benzene rings is 8. The lowest BCUT2D eigenvalue weighted by Gasteiger charge is -2.32. The van der Waals surface area contributed by atoms with Gasteiger partial charge in [-0.2, -0.15) is 26.3 Å². The van der Waals surface area contributed by atoms with Crippen molar-refractivity contribution in [1.29, 1.82) is 0 Å². The van der Waals surface area contributed by atoms with E-state index in [-0.39, 0.29) is 30.9 Å². The van der Waals surface area contributed by atoms with E-state index in [4.69, 9.17) is 17.3 Å². The first-order valence-corrected chi connectivity index (χ1v) is 24.3. The summed E-state index contributed by atoms with van der Waals surface area (Å²) < 4.78 is 111. The number of Topliss-reactive ketones (excluding diaryl/α,β-unsaturated/α-hetero) is 1. The number of carbonyl (C=O) groups is 4. The number of ketones is 1. The Morgan fingerprint density at radius 3 is 1.16 bits per heavy atom. The van der Waals surface area contributed by atoms with Gasteiger partial charge in [0.2, 0.25) is 11.2 Å². The van der Waals surface area contributed by atoms with Gasteiger partial charge in [-0.05, 0) is 144 Å². The van der Waals surface area contributed by atoms with Gasteiger partial charge in [-0.3, -0.25) is 19.2 Å².